The molecular weight excluding hydrogens is 618 g/mol. The minimum atomic E-state index is -0.536. The summed E-state index contributed by atoms with van der Waals surface area (Å²) in [5, 5.41) is 3.15. The topological polar surface area (TPSA) is 57.7 Å². The highest BCUT2D eigenvalue weighted by Gasteiger charge is 2.67. The van der Waals surface area contributed by atoms with Gasteiger partial charge in [-0.05, 0) is 48.1 Å². The van der Waals surface area contributed by atoms with Gasteiger partial charge in [0.05, 0.1) is 39.0 Å². The minimum Gasteiger partial charge on any atom is -0.272 e. The lowest BCUT2D eigenvalue weighted by molar-refractivity contribution is -0.156. The number of rotatable bonds is 4. The molecular formula is C23H17Br2Cl3N2O3. The van der Waals surface area contributed by atoms with Crippen LogP contribution in [0.4, 0.5) is 0 Å². The first-order valence-corrected chi connectivity index (χ1v) is 13.3. The predicted octanol–water partition coefficient (Wildman–Crippen LogP) is 5.98. The Balaban J connectivity index is 1.55. The average molecular weight is 636 g/mol. The molecule has 2 bridgehead atoms. The molecule has 2 aliphatic carbocycles. The Bertz CT molecular complexity index is 1150. The molecule has 0 N–H and O–H groups in total. The molecule has 3 amide bonds. The van der Waals surface area contributed by atoms with E-state index in [4.69, 9.17) is 34.8 Å². The molecule has 0 unspecified atom stereocenters. The summed E-state index contributed by atoms with van der Waals surface area (Å²) in [6, 6.07) is 11.5. The predicted molar refractivity (Wildman–Crippen MR) is 134 cm³/mol. The van der Waals surface area contributed by atoms with Crippen molar-refractivity contribution in [3.8, 4) is 0 Å². The molecule has 2 aromatic rings. The molecule has 5 nitrogen and oxygen atoms in total. The molecule has 6 atom stereocenters. The Morgan fingerprint density at radius 3 is 2.09 bits per heavy atom. The smallest absolute Gasteiger partial charge is 0.272 e. The summed E-state index contributed by atoms with van der Waals surface area (Å²) in [5.41, 5.74) is 0.832. The molecule has 1 aliphatic heterocycles. The van der Waals surface area contributed by atoms with Crippen molar-refractivity contribution in [3.63, 3.8) is 0 Å². The lowest BCUT2D eigenvalue weighted by atomic mass is 9.81. The van der Waals surface area contributed by atoms with Gasteiger partial charge in [0.1, 0.15) is 0 Å². The van der Waals surface area contributed by atoms with Crippen LogP contribution in [-0.2, 0) is 16.1 Å². The van der Waals surface area contributed by atoms with Crippen molar-refractivity contribution in [1.29, 1.82) is 0 Å². The highest BCUT2D eigenvalue weighted by atomic mass is 79.9. The SMILES string of the molecule is O=C(c1ccccc1Cl)N(Cc1ccc(Cl)c(Cl)c1)N1C(=O)[C@@H]2[C@H]3C[C@@H]([C@H](Br)[C@H]3Br)[C@H]2C1=O. The van der Waals surface area contributed by atoms with E-state index in [0.29, 0.717) is 15.6 Å². The van der Waals surface area contributed by atoms with Crippen LogP contribution < -0.4 is 0 Å². The van der Waals surface area contributed by atoms with Gasteiger partial charge in [-0.15, -0.1) is 0 Å². The summed E-state index contributed by atoms with van der Waals surface area (Å²) in [6.45, 7) is -0.0390. The highest BCUT2D eigenvalue weighted by Crippen LogP contribution is 2.60. The van der Waals surface area contributed by atoms with Crippen LogP contribution in [0.5, 0.6) is 0 Å². The van der Waals surface area contributed by atoms with Gasteiger partial charge in [-0.3, -0.25) is 14.4 Å². The third kappa shape index (κ3) is 3.75. The van der Waals surface area contributed by atoms with Crippen molar-refractivity contribution in [2.75, 3.05) is 0 Å². The molecule has 0 spiro atoms. The molecule has 33 heavy (non-hydrogen) atoms. The number of nitrogens with zero attached hydrogens (tertiary/aromatic N) is 2. The Labute approximate surface area is 222 Å². The number of alkyl halides is 2. The van der Waals surface area contributed by atoms with Gasteiger partial charge in [0.25, 0.3) is 17.7 Å². The van der Waals surface area contributed by atoms with Gasteiger partial charge in [0.15, 0.2) is 0 Å². The molecule has 10 heteroatoms. The zero-order valence-corrected chi connectivity index (χ0v) is 22.4. The first-order chi connectivity index (χ1) is 15.7. The van der Waals surface area contributed by atoms with Gasteiger partial charge in [-0.2, -0.15) is 5.01 Å². The number of hydrazine groups is 1. The quantitative estimate of drug-likeness (QED) is 0.307. The second-order valence-corrected chi connectivity index (χ2v) is 11.9. The number of carbonyl (C=O) groups is 3. The molecule has 0 aromatic heterocycles. The van der Waals surface area contributed by atoms with Crippen molar-refractivity contribution in [3.05, 3.63) is 68.7 Å². The molecule has 0 radical (unpaired) electrons. The fraction of sp³-hybridized carbons (Fsp3) is 0.348. The molecule has 1 heterocycles. The minimum absolute atomic E-state index is 0.0352. The third-order valence-corrected chi connectivity index (χ3v) is 11.1. The van der Waals surface area contributed by atoms with E-state index >= 15 is 0 Å². The van der Waals surface area contributed by atoms with E-state index in [2.05, 4.69) is 31.9 Å². The van der Waals surface area contributed by atoms with Gasteiger partial charge in [-0.1, -0.05) is 84.9 Å². The fourth-order valence-electron chi connectivity index (χ4n) is 5.39. The number of benzene rings is 2. The first-order valence-electron chi connectivity index (χ1n) is 10.4. The van der Waals surface area contributed by atoms with E-state index < -0.39 is 17.7 Å². The van der Waals surface area contributed by atoms with E-state index in [-0.39, 0.29) is 50.4 Å². The maximum absolute atomic E-state index is 13.6. The Kier molecular flexibility index (Phi) is 6.32. The standard InChI is InChI=1S/C23H17Br2Cl3N2O3/c24-19-12-8-13(20(19)25)18-17(12)22(32)30(23(18)33)29(9-10-5-6-15(27)16(28)7-10)21(31)11-3-1-2-4-14(11)26/h1-7,12-13,17-20H,8-9H2/t12-,13-,17-,18-,19+,20+/m1/s1. The van der Waals surface area contributed by atoms with Crippen LogP contribution in [0.3, 0.4) is 0 Å². The van der Waals surface area contributed by atoms with Crippen molar-refractivity contribution < 1.29 is 14.4 Å². The maximum atomic E-state index is 13.6. The number of hydrogen-bond acceptors (Lipinski definition) is 3. The summed E-state index contributed by atoms with van der Waals surface area (Å²) in [5.74, 6) is -2.05. The fourth-order valence-corrected chi connectivity index (χ4v) is 7.80. The second kappa shape index (κ2) is 8.83. The summed E-state index contributed by atoms with van der Waals surface area (Å²) >= 11 is 25.9. The number of imide groups is 1. The highest BCUT2D eigenvalue weighted by molar-refractivity contribution is 9.12. The zero-order chi connectivity index (χ0) is 23.6. The van der Waals surface area contributed by atoms with Crippen molar-refractivity contribution in [2.24, 2.45) is 23.7 Å². The lowest BCUT2D eigenvalue weighted by Gasteiger charge is -2.31. The molecule has 1 saturated heterocycles. The summed E-state index contributed by atoms with van der Waals surface area (Å²) < 4.78 is 0. The molecule has 2 aromatic carbocycles. The summed E-state index contributed by atoms with van der Waals surface area (Å²) in [4.78, 5) is 41.1. The van der Waals surface area contributed by atoms with Crippen LogP contribution in [0, 0.1) is 23.7 Å². The molecule has 5 rings (SSSR count). The maximum Gasteiger partial charge on any atom is 0.274 e. The Morgan fingerprint density at radius 2 is 1.52 bits per heavy atom. The Morgan fingerprint density at radius 1 is 0.909 bits per heavy atom. The van der Waals surface area contributed by atoms with Gasteiger partial charge in [-0.25, -0.2) is 5.01 Å². The first kappa shape index (κ1) is 23.6. The van der Waals surface area contributed by atoms with Crippen molar-refractivity contribution in [1.82, 2.24) is 10.0 Å². The van der Waals surface area contributed by atoms with Crippen molar-refractivity contribution >= 4 is 84.4 Å². The third-order valence-electron chi connectivity index (χ3n) is 6.86. The van der Waals surface area contributed by atoms with Crippen molar-refractivity contribution in [2.45, 2.75) is 22.6 Å². The van der Waals surface area contributed by atoms with Gasteiger partial charge < -0.3 is 0 Å². The summed E-state index contributed by atoms with van der Waals surface area (Å²) in [7, 11) is 0. The largest absolute Gasteiger partial charge is 0.274 e. The van der Waals surface area contributed by atoms with E-state index in [9.17, 15) is 14.4 Å². The lowest BCUT2D eigenvalue weighted by Crippen LogP contribution is -2.50. The normalized spacial score (nSPS) is 30.2. The van der Waals surface area contributed by atoms with Crippen LogP contribution in [0.2, 0.25) is 15.1 Å². The van der Waals surface area contributed by atoms with Gasteiger partial charge in [0.2, 0.25) is 0 Å². The van der Waals surface area contributed by atoms with Gasteiger partial charge in [0, 0.05) is 9.65 Å². The molecule has 2 saturated carbocycles. The number of carbonyl (C=O) groups excluding carboxylic acids is 3. The zero-order valence-electron chi connectivity index (χ0n) is 16.9. The number of fused-ring (bicyclic) bond motifs is 5. The average Bonchev–Trinajstić information content (AvgIpc) is 3.39. The van der Waals surface area contributed by atoms with Gasteiger partial charge >= 0.3 is 0 Å². The molecule has 3 aliphatic rings. The van der Waals surface area contributed by atoms with E-state index in [1.165, 1.54) is 5.01 Å². The Hall–Kier alpha value is -1.12. The number of hydrogen-bond donors (Lipinski definition) is 0. The number of halogens is 5. The van der Waals surface area contributed by atoms with Crippen LogP contribution in [0.1, 0.15) is 22.3 Å². The van der Waals surface area contributed by atoms with E-state index in [1.807, 2.05) is 0 Å². The van der Waals surface area contributed by atoms with Crippen LogP contribution in [-0.4, -0.2) is 37.4 Å². The second-order valence-electron chi connectivity index (χ2n) is 8.58. The number of amides is 3. The molecule has 172 valence electrons. The van der Waals surface area contributed by atoms with Crippen LogP contribution in [0.15, 0.2) is 42.5 Å². The van der Waals surface area contributed by atoms with E-state index in [1.54, 1.807) is 42.5 Å². The monoisotopic (exact) mass is 632 g/mol. The van der Waals surface area contributed by atoms with Crippen LogP contribution in [0.25, 0.3) is 0 Å². The van der Waals surface area contributed by atoms with E-state index in [0.717, 1.165) is 11.4 Å². The summed E-state index contributed by atoms with van der Waals surface area (Å²) in [6.07, 6.45) is 0.803. The van der Waals surface area contributed by atoms with Crippen LogP contribution >= 0.6 is 66.7 Å². The molecule has 3 fully saturated rings.